The van der Waals surface area contributed by atoms with Crippen molar-refractivity contribution in [1.29, 1.82) is 0 Å². The third-order valence-electron chi connectivity index (χ3n) is 4.18. The van der Waals surface area contributed by atoms with Gasteiger partial charge in [-0.15, -0.1) is 0 Å². The second-order valence-electron chi connectivity index (χ2n) is 5.76. The van der Waals surface area contributed by atoms with Crippen LogP contribution in [0.1, 0.15) is 44.6 Å². The van der Waals surface area contributed by atoms with Crippen LogP contribution in [0.25, 0.3) is 0 Å². The fraction of sp³-hybridized carbons (Fsp3) is 0.667. The van der Waals surface area contributed by atoms with Crippen molar-refractivity contribution in [2.45, 2.75) is 51.5 Å². The van der Waals surface area contributed by atoms with Crippen molar-refractivity contribution >= 4 is 17.2 Å². The number of rotatable bonds is 5. The number of amides is 1. The van der Waals surface area contributed by atoms with E-state index in [1.54, 1.807) is 11.3 Å². The molecule has 4 heteroatoms. The third kappa shape index (κ3) is 3.57. The van der Waals surface area contributed by atoms with E-state index in [1.165, 1.54) is 12.0 Å². The van der Waals surface area contributed by atoms with E-state index in [0.717, 1.165) is 32.1 Å². The largest absolute Gasteiger partial charge is 0.353 e. The molecule has 1 aliphatic carbocycles. The second-order valence-corrected chi connectivity index (χ2v) is 6.54. The van der Waals surface area contributed by atoms with Gasteiger partial charge < -0.3 is 11.1 Å². The summed E-state index contributed by atoms with van der Waals surface area (Å²) in [5, 5.41) is 7.38. The molecule has 0 bridgehead atoms. The Morgan fingerprint density at radius 2 is 2.21 bits per heavy atom. The molecule has 1 heterocycles. The Morgan fingerprint density at radius 1 is 1.47 bits per heavy atom. The van der Waals surface area contributed by atoms with Gasteiger partial charge in [0.1, 0.15) is 0 Å². The lowest BCUT2D eigenvalue weighted by Gasteiger charge is -2.35. The molecule has 0 spiro atoms. The second kappa shape index (κ2) is 6.53. The summed E-state index contributed by atoms with van der Waals surface area (Å²) >= 11 is 1.70. The molecule has 0 radical (unpaired) electrons. The average Bonchev–Trinajstić information content (AvgIpc) is 2.92. The van der Waals surface area contributed by atoms with Crippen LogP contribution in [0.5, 0.6) is 0 Å². The van der Waals surface area contributed by atoms with E-state index in [0.29, 0.717) is 6.54 Å². The van der Waals surface area contributed by atoms with Crippen molar-refractivity contribution in [2.24, 2.45) is 11.1 Å². The van der Waals surface area contributed by atoms with Crippen LogP contribution in [0.2, 0.25) is 0 Å². The molecule has 106 valence electrons. The predicted molar refractivity (Wildman–Crippen MR) is 80.2 cm³/mol. The Hall–Kier alpha value is -0.870. The molecule has 1 aliphatic rings. The maximum absolute atomic E-state index is 12.5. The maximum atomic E-state index is 12.5. The van der Waals surface area contributed by atoms with Gasteiger partial charge in [0.05, 0.1) is 5.41 Å². The van der Waals surface area contributed by atoms with Gasteiger partial charge in [-0.3, -0.25) is 4.79 Å². The molecule has 1 amide bonds. The molecule has 1 aromatic heterocycles. The minimum atomic E-state index is -0.304. The van der Waals surface area contributed by atoms with Gasteiger partial charge in [0, 0.05) is 12.6 Å². The van der Waals surface area contributed by atoms with Crippen molar-refractivity contribution in [3.8, 4) is 0 Å². The predicted octanol–water partition coefficient (Wildman–Crippen LogP) is 2.70. The molecule has 1 saturated carbocycles. The van der Waals surface area contributed by atoms with Crippen LogP contribution < -0.4 is 11.1 Å². The molecular weight excluding hydrogens is 256 g/mol. The summed E-state index contributed by atoms with van der Waals surface area (Å²) in [6, 6.07) is 2.29. The normalized spacial score (nSPS) is 19.9. The van der Waals surface area contributed by atoms with Crippen molar-refractivity contribution in [3.63, 3.8) is 0 Å². The average molecular weight is 280 g/mol. The molecule has 0 aliphatic heterocycles. The summed E-state index contributed by atoms with van der Waals surface area (Å²) < 4.78 is 0. The fourth-order valence-electron chi connectivity index (χ4n) is 2.94. The van der Waals surface area contributed by atoms with Crippen molar-refractivity contribution in [3.05, 3.63) is 22.4 Å². The minimum absolute atomic E-state index is 0.164. The van der Waals surface area contributed by atoms with E-state index in [4.69, 9.17) is 5.73 Å². The Morgan fingerprint density at radius 3 is 2.79 bits per heavy atom. The Labute approximate surface area is 119 Å². The molecule has 1 aromatic rings. The third-order valence-corrected chi connectivity index (χ3v) is 4.91. The molecule has 1 fully saturated rings. The van der Waals surface area contributed by atoms with Crippen LogP contribution in [0.4, 0.5) is 0 Å². The standard InChI is InChI=1S/C15H24N2OS/c1-12(9-13-5-8-19-10-13)17-14(18)15(11-16)6-3-2-4-7-15/h5,8,10,12H,2-4,6-7,9,11,16H2,1H3,(H,17,18). The Kier molecular flexibility index (Phi) is 4.99. The SMILES string of the molecule is CC(Cc1ccsc1)NC(=O)C1(CN)CCCCC1. The van der Waals surface area contributed by atoms with E-state index in [-0.39, 0.29) is 17.4 Å². The number of thiophene rings is 1. The van der Waals surface area contributed by atoms with Crippen molar-refractivity contribution in [2.75, 3.05) is 6.54 Å². The monoisotopic (exact) mass is 280 g/mol. The summed E-state index contributed by atoms with van der Waals surface area (Å²) in [4.78, 5) is 12.5. The van der Waals surface area contributed by atoms with Gasteiger partial charge in [-0.25, -0.2) is 0 Å². The van der Waals surface area contributed by atoms with E-state index in [9.17, 15) is 4.79 Å². The van der Waals surface area contributed by atoms with Crippen LogP contribution in [0, 0.1) is 5.41 Å². The number of hydrogen-bond acceptors (Lipinski definition) is 3. The van der Waals surface area contributed by atoms with E-state index < -0.39 is 0 Å². The molecule has 3 nitrogen and oxygen atoms in total. The first kappa shape index (κ1) is 14.5. The van der Waals surface area contributed by atoms with Crippen LogP contribution in [-0.2, 0) is 11.2 Å². The summed E-state index contributed by atoms with van der Waals surface area (Å²) in [5.41, 5.74) is 6.88. The highest BCUT2D eigenvalue weighted by atomic mass is 32.1. The van der Waals surface area contributed by atoms with Gasteiger partial charge in [-0.05, 0) is 48.6 Å². The molecule has 19 heavy (non-hydrogen) atoms. The number of carbonyl (C=O) groups is 1. The Bertz CT molecular complexity index is 396. The highest BCUT2D eigenvalue weighted by Crippen LogP contribution is 2.35. The van der Waals surface area contributed by atoms with Crippen molar-refractivity contribution in [1.82, 2.24) is 5.32 Å². The van der Waals surface area contributed by atoms with E-state index >= 15 is 0 Å². The number of nitrogens with two attached hydrogens (primary N) is 1. The van der Waals surface area contributed by atoms with Gasteiger partial charge in [-0.2, -0.15) is 11.3 Å². The number of nitrogens with one attached hydrogen (secondary N) is 1. The van der Waals surface area contributed by atoms with Crippen LogP contribution in [0.15, 0.2) is 16.8 Å². The smallest absolute Gasteiger partial charge is 0.227 e. The molecule has 1 atom stereocenters. The zero-order chi connectivity index (χ0) is 13.7. The fourth-order valence-corrected chi connectivity index (χ4v) is 3.62. The number of hydrogen-bond donors (Lipinski definition) is 2. The van der Waals surface area contributed by atoms with Crippen molar-refractivity contribution < 1.29 is 4.79 Å². The van der Waals surface area contributed by atoms with Gasteiger partial charge in [0.2, 0.25) is 5.91 Å². The molecule has 0 saturated heterocycles. The molecular formula is C15H24N2OS. The first-order chi connectivity index (χ1) is 9.16. The van der Waals surface area contributed by atoms with Gasteiger partial charge in [-0.1, -0.05) is 19.3 Å². The summed E-state index contributed by atoms with van der Waals surface area (Å²) in [6.07, 6.45) is 6.28. The Balaban J connectivity index is 1.91. The van der Waals surface area contributed by atoms with Gasteiger partial charge in [0.15, 0.2) is 0 Å². The first-order valence-corrected chi connectivity index (χ1v) is 8.13. The quantitative estimate of drug-likeness (QED) is 0.871. The highest BCUT2D eigenvalue weighted by molar-refractivity contribution is 7.07. The topological polar surface area (TPSA) is 55.1 Å². The minimum Gasteiger partial charge on any atom is -0.353 e. The zero-order valence-electron chi connectivity index (χ0n) is 11.7. The van der Waals surface area contributed by atoms with Crippen LogP contribution in [0.3, 0.4) is 0 Å². The summed E-state index contributed by atoms with van der Waals surface area (Å²) in [7, 11) is 0. The highest BCUT2D eigenvalue weighted by Gasteiger charge is 2.38. The molecule has 0 aromatic carbocycles. The lowest BCUT2D eigenvalue weighted by molar-refractivity contribution is -0.133. The van der Waals surface area contributed by atoms with Gasteiger partial charge in [0.25, 0.3) is 0 Å². The van der Waals surface area contributed by atoms with Crippen LogP contribution >= 0.6 is 11.3 Å². The van der Waals surface area contributed by atoms with E-state index in [2.05, 4.69) is 29.1 Å². The zero-order valence-corrected chi connectivity index (χ0v) is 12.5. The van der Waals surface area contributed by atoms with Gasteiger partial charge >= 0.3 is 0 Å². The lowest BCUT2D eigenvalue weighted by Crippen LogP contribution is -2.50. The van der Waals surface area contributed by atoms with Crippen LogP contribution in [-0.4, -0.2) is 18.5 Å². The number of carbonyl (C=O) groups excluding carboxylic acids is 1. The summed E-state index contributed by atoms with van der Waals surface area (Å²) in [6.45, 7) is 2.55. The molecule has 3 N–H and O–H groups in total. The summed E-state index contributed by atoms with van der Waals surface area (Å²) in [5.74, 6) is 0.164. The molecule has 1 unspecified atom stereocenters. The van der Waals surface area contributed by atoms with E-state index in [1.807, 2.05) is 0 Å². The lowest BCUT2D eigenvalue weighted by atomic mass is 9.73. The molecule has 2 rings (SSSR count). The first-order valence-electron chi connectivity index (χ1n) is 7.18. The maximum Gasteiger partial charge on any atom is 0.227 e.